The molecule has 5 rings (SSSR count). The Morgan fingerprint density at radius 1 is 1.12 bits per heavy atom. The fourth-order valence-corrected chi connectivity index (χ4v) is 6.05. The zero-order valence-corrected chi connectivity index (χ0v) is 18.6. The second-order valence-electron chi connectivity index (χ2n) is 8.20. The van der Waals surface area contributed by atoms with E-state index in [0.29, 0.717) is 11.3 Å². The summed E-state index contributed by atoms with van der Waals surface area (Å²) in [5.41, 5.74) is 3.35. The minimum atomic E-state index is -3.64. The Morgan fingerprint density at radius 3 is 2.78 bits per heavy atom. The van der Waals surface area contributed by atoms with Crippen LogP contribution in [0.1, 0.15) is 44.2 Å². The lowest BCUT2D eigenvalue weighted by molar-refractivity contribution is 0.305. The molecular formula is C22H25N7O2S. The smallest absolute Gasteiger partial charge is 0.241 e. The Bertz CT molecular complexity index is 1330. The van der Waals surface area contributed by atoms with Gasteiger partial charge in [0.25, 0.3) is 0 Å². The van der Waals surface area contributed by atoms with Gasteiger partial charge in [-0.3, -0.25) is 0 Å². The summed E-state index contributed by atoms with van der Waals surface area (Å²) in [6.45, 7) is 1.97. The van der Waals surface area contributed by atoms with Gasteiger partial charge in [-0.2, -0.15) is 5.10 Å². The summed E-state index contributed by atoms with van der Waals surface area (Å²) >= 11 is 0. The molecule has 0 radical (unpaired) electrons. The summed E-state index contributed by atoms with van der Waals surface area (Å²) in [7, 11) is -3.64. The number of hydrogen-bond donors (Lipinski definition) is 1. The number of aromatic nitrogens is 6. The topological polar surface area (TPSA) is 107 Å². The van der Waals surface area contributed by atoms with Crippen LogP contribution in [0.25, 0.3) is 16.8 Å². The lowest BCUT2D eigenvalue weighted by atomic mass is 9.91. The molecule has 166 valence electrons. The minimum absolute atomic E-state index is 0.114. The van der Waals surface area contributed by atoms with Crippen molar-refractivity contribution >= 4 is 15.7 Å². The van der Waals surface area contributed by atoms with Gasteiger partial charge >= 0.3 is 0 Å². The van der Waals surface area contributed by atoms with Gasteiger partial charge in [-0.15, -0.1) is 10.2 Å². The van der Waals surface area contributed by atoms with Crippen molar-refractivity contribution in [3.05, 3.63) is 61.1 Å². The Morgan fingerprint density at radius 2 is 1.97 bits per heavy atom. The van der Waals surface area contributed by atoms with Gasteiger partial charge in [0, 0.05) is 36.1 Å². The molecule has 1 aliphatic carbocycles. The van der Waals surface area contributed by atoms with Crippen molar-refractivity contribution < 1.29 is 8.42 Å². The molecule has 0 spiro atoms. The number of fused-ring (bicyclic) bond motifs is 1. The molecule has 0 aliphatic heterocycles. The summed E-state index contributed by atoms with van der Waals surface area (Å²) in [5.74, 6) is 0. The molecule has 32 heavy (non-hydrogen) atoms. The van der Waals surface area contributed by atoms with Crippen LogP contribution in [0.2, 0.25) is 0 Å². The van der Waals surface area contributed by atoms with Crippen LogP contribution in [-0.2, 0) is 16.4 Å². The number of aryl methyl sites for hydroxylation is 1. The van der Waals surface area contributed by atoms with E-state index in [0.717, 1.165) is 48.0 Å². The molecule has 0 unspecified atom stereocenters. The summed E-state index contributed by atoms with van der Waals surface area (Å²) < 4.78 is 33.2. The van der Waals surface area contributed by atoms with Gasteiger partial charge in [-0.05, 0) is 55.4 Å². The number of sulfonamides is 1. The lowest BCUT2D eigenvalue weighted by Gasteiger charge is -2.30. The van der Waals surface area contributed by atoms with E-state index in [2.05, 4.69) is 25.0 Å². The van der Waals surface area contributed by atoms with Crippen LogP contribution in [0.5, 0.6) is 0 Å². The molecule has 1 N–H and O–H groups in total. The first-order valence-electron chi connectivity index (χ1n) is 10.8. The molecule has 0 amide bonds. The molecule has 4 aromatic rings. The van der Waals surface area contributed by atoms with E-state index < -0.39 is 10.0 Å². The third kappa shape index (κ3) is 4.03. The van der Waals surface area contributed by atoms with E-state index in [-0.39, 0.29) is 12.1 Å². The summed E-state index contributed by atoms with van der Waals surface area (Å²) in [5, 5.41) is 12.0. The van der Waals surface area contributed by atoms with E-state index >= 15 is 0 Å². The van der Waals surface area contributed by atoms with Crippen LogP contribution in [0, 0.1) is 0 Å². The number of nitrogens with zero attached hydrogens (tertiary/aromatic N) is 6. The van der Waals surface area contributed by atoms with Crippen molar-refractivity contribution in [2.24, 2.45) is 0 Å². The first-order chi connectivity index (χ1) is 15.5. The first-order valence-corrected chi connectivity index (χ1v) is 12.3. The van der Waals surface area contributed by atoms with Crippen molar-refractivity contribution in [1.82, 2.24) is 34.1 Å². The fourth-order valence-electron chi connectivity index (χ4n) is 4.48. The standard InChI is InChI=1S/C22H25N7O2S/c1-2-16-10-17(18-12-23-22-8-9-26-29(22)13-18)6-7-21(16)32(30,31)27-19-4-3-5-20(11-19)28-14-24-25-15-28/h6-10,12-15,19-20,27H,2-5,11H2,1H3/t19-,20+/m0/s1. The van der Waals surface area contributed by atoms with Gasteiger partial charge in [0.15, 0.2) is 5.65 Å². The second kappa shape index (κ2) is 8.44. The van der Waals surface area contributed by atoms with Crippen molar-refractivity contribution in [3.8, 4) is 11.1 Å². The van der Waals surface area contributed by atoms with Gasteiger partial charge in [-0.1, -0.05) is 13.0 Å². The second-order valence-corrected chi connectivity index (χ2v) is 9.88. The zero-order chi connectivity index (χ0) is 22.1. The maximum Gasteiger partial charge on any atom is 0.241 e. The molecule has 2 atom stereocenters. The third-order valence-corrected chi connectivity index (χ3v) is 7.76. The molecule has 3 aromatic heterocycles. The minimum Gasteiger partial charge on any atom is -0.317 e. The largest absolute Gasteiger partial charge is 0.317 e. The Kier molecular flexibility index (Phi) is 5.48. The van der Waals surface area contributed by atoms with Crippen LogP contribution in [0.4, 0.5) is 0 Å². The predicted octanol–water partition coefficient (Wildman–Crippen LogP) is 3.01. The molecule has 1 fully saturated rings. The number of rotatable bonds is 6. The molecule has 1 saturated carbocycles. The van der Waals surface area contributed by atoms with Crippen LogP contribution in [0.15, 0.2) is 60.4 Å². The van der Waals surface area contributed by atoms with Crippen molar-refractivity contribution in [3.63, 3.8) is 0 Å². The number of nitrogens with one attached hydrogen (secondary N) is 1. The van der Waals surface area contributed by atoms with E-state index in [1.807, 2.05) is 35.9 Å². The first kappa shape index (κ1) is 20.8. The highest BCUT2D eigenvalue weighted by Gasteiger charge is 2.28. The Hall–Kier alpha value is -3.11. The van der Waals surface area contributed by atoms with Crippen LogP contribution < -0.4 is 4.72 Å². The predicted molar refractivity (Wildman–Crippen MR) is 119 cm³/mol. The quantitative estimate of drug-likeness (QED) is 0.483. The summed E-state index contributed by atoms with van der Waals surface area (Å²) in [6.07, 6.45) is 12.9. The fraction of sp³-hybridized carbons (Fsp3) is 0.364. The van der Waals surface area contributed by atoms with Gasteiger partial charge in [0.05, 0.1) is 11.1 Å². The van der Waals surface area contributed by atoms with Crippen molar-refractivity contribution in [1.29, 1.82) is 0 Å². The van der Waals surface area contributed by atoms with Gasteiger partial charge in [-0.25, -0.2) is 22.6 Å². The molecule has 0 saturated heterocycles. The molecule has 1 aliphatic rings. The number of benzene rings is 1. The zero-order valence-electron chi connectivity index (χ0n) is 17.8. The van der Waals surface area contributed by atoms with Crippen LogP contribution >= 0.6 is 0 Å². The molecule has 0 bridgehead atoms. The Balaban J connectivity index is 1.39. The highest BCUT2D eigenvalue weighted by molar-refractivity contribution is 7.89. The normalized spacial score (nSPS) is 19.4. The highest BCUT2D eigenvalue weighted by Crippen LogP contribution is 2.30. The maximum atomic E-state index is 13.3. The molecule has 1 aromatic carbocycles. The van der Waals surface area contributed by atoms with Crippen molar-refractivity contribution in [2.45, 2.75) is 56.0 Å². The SMILES string of the molecule is CCc1cc(-c2cnc3ccnn3c2)ccc1S(=O)(=O)N[C@H]1CCC[C@@H](n2cnnc2)C1. The number of hydrogen-bond acceptors (Lipinski definition) is 6. The van der Waals surface area contributed by atoms with E-state index in [9.17, 15) is 8.42 Å². The van der Waals surface area contributed by atoms with Gasteiger partial charge < -0.3 is 4.57 Å². The molecular weight excluding hydrogens is 426 g/mol. The van der Waals surface area contributed by atoms with Gasteiger partial charge in [0.1, 0.15) is 12.7 Å². The molecule has 10 heteroatoms. The molecule has 3 heterocycles. The Labute approximate surface area is 186 Å². The van der Waals surface area contributed by atoms with E-state index in [4.69, 9.17) is 0 Å². The van der Waals surface area contributed by atoms with Crippen LogP contribution in [0.3, 0.4) is 0 Å². The highest BCUT2D eigenvalue weighted by atomic mass is 32.2. The molecule has 9 nitrogen and oxygen atoms in total. The average Bonchev–Trinajstić information content (AvgIpc) is 3.50. The van der Waals surface area contributed by atoms with Gasteiger partial charge in [0.2, 0.25) is 10.0 Å². The maximum absolute atomic E-state index is 13.3. The monoisotopic (exact) mass is 451 g/mol. The van der Waals surface area contributed by atoms with E-state index in [1.165, 1.54) is 0 Å². The summed E-state index contributed by atoms with van der Waals surface area (Å²) in [4.78, 5) is 4.75. The van der Waals surface area contributed by atoms with Crippen molar-refractivity contribution in [2.75, 3.05) is 0 Å². The average molecular weight is 452 g/mol. The third-order valence-electron chi connectivity index (χ3n) is 6.14. The van der Waals surface area contributed by atoms with Crippen LogP contribution in [-0.4, -0.2) is 43.8 Å². The summed E-state index contributed by atoms with van der Waals surface area (Å²) in [6, 6.07) is 7.40. The van der Waals surface area contributed by atoms with E-state index in [1.54, 1.807) is 35.6 Å². The lowest BCUT2D eigenvalue weighted by Crippen LogP contribution is -2.39.